The smallest absolute Gasteiger partial charge is 0.241 e. The van der Waals surface area contributed by atoms with Crippen molar-refractivity contribution in [3.63, 3.8) is 0 Å². The number of aliphatic hydroxyl groups is 1. The molecule has 1 aromatic rings. The van der Waals surface area contributed by atoms with Crippen molar-refractivity contribution in [2.75, 3.05) is 13.2 Å². The van der Waals surface area contributed by atoms with Crippen LogP contribution in [0.4, 0.5) is 0 Å². The summed E-state index contributed by atoms with van der Waals surface area (Å²) < 4.78 is 26.0. The standard InChI is InChI=1S/C13H20N2O4S/c1-10(2)12(9-16)15-13(17)8-14-20(18,19)11-6-4-3-5-7-11/h3-7,10,12,14,16H,8-9H2,1-2H3,(H,15,17). The van der Waals surface area contributed by atoms with Crippen LogP contribution in [0.15, 0.2) is 35.2 Å². The average molecular weight is 300 g/mol. The normalized spacial score (nSPS) is 13.2. The van der Waals surface area contributed by atoms with Crippen molar-refractivity contribution in [1.82, 2.24) is 10.0 Å². The first kappa shape index (κ1) is 16.6. The van der Waals surface area contributed by atoms with Gasteiger partial charge in [0.1, 0.15) is 0 Å². The highest BCUT2D eigenvalue weighted by atomic mass is 32.2. The number of hydrogen-bond donors (Lipinski definition) is 3. The highest BCUT2D eigenvalue weighted by Crippen LogP contribution is 2.06. The molecule has 0 radical (unpaired) electrons. The molecule has 1 unspecified atom stereocenters. The zero-order chi connectivity index (χ0) is 15.2. The molecule has 0 saturated carbocycles. The minimum atomic E-state index is -3.69. The third-order valence-electron chi connectivity index (χ3n) is 2.82. The van der Waals surface area contributed by atoms with E-state index in [2.05, 4.69) is 10.0 Å². The van der Waals surface area contributed by atoms with Gasteiger partial charge in [-0.05, 0) is 18.1 Å². The van der Waals surface area contributed by atoms with Gasteiger partial charge in [0.25, 0.3) is 0 Å². The second-order valence-corrected chi connectivity index (χ2v) is 6.51. The first-order valence-corrected chi connectivity index (χ1v) is 7.80. The molecule has 0 bridgehead atoms. The number of rotatable bonds is 7. The summed E-state index contributed by atoms with van der Waals surface area (Å²) in [6.45, 7) is 3.17. The molecular weight excluding hydrogens is 280 g/mol. The fraction of sp³-hybridized carbons (Fsp3) is 0.462. The lowest BCUT2D eigenvalue weighted by atomic mass is 10.1. The van der Waals surface area contributed by atoms with Gasteiger partial charge in [-0.25, -0.2) is 13.1 Å². The monoisotopic (exact) mass is 300 g/mol. The average Bonchev–Trinajstić information content (AvgIpc) is 2.43. The largest absolute Gasteiger partial charge is 0.394 e. The Morgan fingerprint density at radius 3 is 2.35 bits per heavy atom. The van der Waals surface area contributed by atoms with Gasteiger partial charge in [-0.3, -0.25) is 4.79 Å². The Labute approximate surface area is 119 Å². The number of nitrogens with one attached hydrogen (secondary N) is 2. The van der Waals surface area contributed by atoms with E-state index in [0.717, 1.165) is 0 Å². The Kier molecular flexibility index (Phi) is 6.12. The maximum atomic E-state index is 11.9. The van der Waals surface area contributed by atoms with Crippen LogP contribution in [-0.2, 0) is 14.8 Å². The molecule has 7 heteroatoms. The van der Waals surface area contributed by atoms with Crippen molar-refractivity contribution in [3.8, 4) is 0 Å². The van der Waals surface area contributed by atoms with Gasteiger partial charge in [0.15, 0.2) is 0 Å². The van der Waals surface area contributed by atoms with Crippen LogP contribution >= 0.6 is 0 Å². The molecule has 0 aliphatic carbocycles. The Bertz CT molecular complexity index is 529. The van der Waals surface area contributed by atoms with E-state index >= 15 is 0 Å². The van der Waals surface area contributed by atoms with E-state index in [1.54, 1.807) is 18.2 Å². The van der Waals surface area contributed by atoms with Crippen LogP contribution < -0.4 is 10.0 Å². The van der Waals surface area contributed by atoms with Crippen LogP contribution in [-0.4, -0.2) is 38.6 Å². The summed E-state index contributed by atoms with van der Waals surface area (Å²) in [5, 5.41) is 11.7. The van der Waals surface area contributed by atoms with E-state index in [-0.39, 0.29) is 30.0 Å². The zero-order valence-corrected chi connectivity index (χ0v) is 12.4. The van der Waals surface area contributed by atoms with Gasteiger partial charge < -0.3 is 10.4 Å². The van der Waals surface area contributed by atoms with Gasteiger partial charge in [0, 0.05) is 0 Å². The lowest BCUT2D eigenvalue weighted by molar-refractivity contribution is -0.121. The fourth-order valence-electron chi connectivity index (χ4n) is 1.52. The highest BCUT2D eigenvalue weighted by molar-refractivity contribution is 7.89. The van der Waals surface area contributed by atoms with Crippen LogP contribution in [0.3, 0.4) is 0 Å². The lowest BCUT2D eigenvalue weighted by Crippen LogP contribution is -2.45. The molecule has 0 fully saturated rings. The van der Waals surface area contributed by atoms with Crippen molar-refractivity contribution in [2.24, 2.45) is 5.92 Å². The Morgan fingerprint density at radius 2 is 1.85 bits per heavy atom. The number of sulfonamides is 1. The van der Waals surface area contributed by atoms with Crippen molar-refractivity contribution in [2.45, 2.75) is 24.8 Å². The predicted molar refractivity (Wildman–Crippen MR) is 75.5 cm³/mol. The van der Waals surface area contributed by atoms with E-state index in [1.807, 2.05) is 13.8 Å². The number of carbonyl (C=O) groups is 1. The van der Waals surface area contributed by atoms with Crippen LogP contribution in [0.25, 0.3) is 0 Å². The van der Waals surface area contributed by atoms with Crippen LogP contribution in [0, 0.1) is 5.92 Å². The molecule has 112 valence electrons. The van der Waals surface area contributed by atoms with Gasteiger partial charge in [0.2, 0.25) is 15.9 Å². The van der Waals surface area contributed by atoms with E-state index < -0.39 is 15.9 Å². The van der Waals surface area contributed by atoms with Crippen molar-refractivity contribution < 1.29 is 18.3 Å². The third kappa shape index (κ3) is 4.92. The van der Waals surface area contributed by atoms with E-state index in [9.17, 15) is 13.2 Å². The second kappa shape index (κ2) is 7.37. The molecule has 0 saturated heterocycles. The summed E-state index contributed by atoms with van der Waals surface area (Å²) in [5.41, 5.74) is 0. The van der Waals surface area contributed by atoms with E-state index in [0.29, 0.717) is 0 Å². The lowest BCUT2D eigenvalue weighted by Gasteiger charge is -2.19. The predicted octanol–water partition coefficient (Wildman–Crippen LogP) is 0.0980. The van der Waals surface area contributed by atoms with Gasteiger partial charge in [-0.2, -0.15) is 0 Å². The second-order valence-electron chi connectivity index (χ2n) is 4.74. The number of hydrogen-bond acceptors (Lipinski definition) is 4. The molecule has 0 aromatic heterocycles. The first-order chi connectivity index (χ1) is 9.36. The molecule has 0 aliphatic rings. The summed E-state index contributed by atoms with van der Waals surface area (Å²) in [6, 6.07) is 7.43. The first-order valence-electron chi connectivity index (χ1n) is 6.31. The summed E-state index contributed by atoms with van der Waals surface area (Å²) in [4.78, 5) is 11.8. The number of carbonyl (C=O) groups excluding carboxylic acids is 1. The molecule has 1 aromatic carbocycles. The highest BCUT2D eigenvalue weighted by Gasteiger charge is 2.18. The molecule has 6 nitrogen and oxygen atoms in total. The summed E-state index contributed by atoms with van der Waals surface area (Å²) >= 11 is 0. The summed E-state index contributed by atoms with van der Waals surface area (Å²) in [5.74, 6) is -0.410. The van der Waals surface area contributed by atoms with Crippen molar-refractivity contribution in [1.29, 1.82) is 0 Å². The minimum absolute atomic E-state index is 0.0645. The molecule has 20 heavy (non-hydrogen) atoms. The third-order valence-corrected chi connectivity index (χ3v) is 4.24. The summed E-state index contributed by atoms with van der Waals surface area (Å²) in [7, 11) is -3.69. The van der Waals surface area contributed by atoms with Gasteiger partial charge in [-0.1, -0.05) is 32.0 Å². The molecule has 1 rings (SSSR count). The fourth-order valence-corrected chi connectivity index (χ4v) is 2.53. The Hall–Kier alpha value is -1.44. The van der Waals surface area contributed by atoms with Gasteiger partial charge in [-0.15, -0.1) is 0 Å². The maximum Gasteiger partial charge on any atom is 0.241 e. The van der Waals surface area contributed by atoms with E-state index in [1.165, 1.54) is 12.1 Å². The maximum absolute atomic E-state index is 11.9. The topological polar surface area (TPSA) is 95.5 Å². The molecule has 1 atom stereocenters. The van der Waals surface area contributed by atoms with E-state index in [4.69, 9.17) is 5.11 Å². The van der Waals surface area contributed by atoms with Crippen LogP contribution in [0.2, 0.25) is 0 Å². The number of benzene rings is 1. The van der Waals surface area contributed by atoms with Crippen LogP contribution in [0.1, 0.15) is 13.8 Å². The Balaban J connectivity index is 2.57. The zero-order valence-electron chi connectivity index (χ0n) is 11.5. The summed E-state index contributed by atoms with van der Waals surface area (Å²) in [6.07, 6.45) is 0. The molecule has 0 aliphatic heterocycles. The Morgan fingerprint density at radius 1 is 1.25 bits per heavy atom. The van der Waals surface area contributed by atoms with Crippen LogP contribution in [0.5, 0.6) is 0 Å². The molecule has 3 N–H and O–H groups in total. The number of amides is 1. The minimum Gasteiger partial charge on any atom is -0.394 e. The van der Waals surface area contributed by atoms with Gasteiger partial charge in [0.05, 0.1) is 24.1 Å². The molecule has 0 heterocycles. The molecule has 0 spiro atoms. The van der Waals surface area contributed by atoms with Crippen molar-refractivity contribution in [3.05, 3.63) is 30.3 Å². The number of aliphatic hydroxyl groups excluding tert-OH is 1. The molecule has 1 amide bonds. The van der Waals surface area contributed by atoms with Gasteiger partial charge >= 0.3 is 0 Å². The SMILES string of the molecule is CC(C)C(CO)NC(=O)CNS(=O)(=O)c1ccccc1. The molecular formula is C13H20N2O4S. The van der Waals surface area contributed by atoms with Crippen molar-refractivity contribution >= 4 is 15.9 Å². The quantitative estimate of drug-likeness (QED) is 0.665.